The number of esters is 1. The Hall–Kier alpha value is -3.06. The van der Waals surface area contributed by atoms with Crippen molar-refractivity contribution < 1.29 is 19.1 Å². The van der Waals surface area contributed by atoms with Crippen LogP contribution in [0.25, 0.3) is 12.2 Å². The summed E-state index contributed by atoms with van der Waals surface area (Å²) in [5.41, 5.74) is 4.70. The molecule has 1 amide bonds. The Labute approximate surface area is 191 Å². The number of methoxy groups -OCH3 is 2. The second-order valence-corrected chi connectivity index (χ2v) is 6.80. The van der Waals surface area contributed by atoms with Crippen LogP contribution in [-0.4, -0.2) is 43.1 Å². The number of carbonyl (C=O) groups excluding carboxylic acids is 2. The van der Waals surface area contributed by atoms with Crippen molar-refractivity contribution >= 4 is 24.5 Å². The Kier molecular flexibility index (Phi) is 14.0. The summed E-state index contributed by atoms with van der Waals surface area (Å²) in [7, 11) is 3.12. The molecule has 0 fully saturated rings. The predicted octanol–water partition coefficient (Wildman–Crippen LogP) is 4.38. The van der Waals surface area contributed by atoms with Crippen LogP contribution in [0, 0.1) is 0 Å². The zero-order chi connectivity index (χ0) is 23.6. The highest BCUT2D eigenvalue weighted by molar-refractivity contribution is 5.73. The van der Waals surface area contributed by atoms with Crippen LogP contribution in [0.5, 0.6) is 0 Å². The van der Waals surface area contributed by atoms with Gasteiger partial charge in [0.15, 0.2) is 0 Å². The summed E-state index contributed by atoms with van der Waals surface area (Å²) < 4.78 is 10.1. The largest absolute Gasteiger partial charge is 0.469 e. The summed E-state index contributed by atoms with van der Waals surface area (Å²) in [6.45, 7) is 4.69. The summed E-state index contributed by atoms with van der Waals surface area (Å²) in [6.07, 6.45) is 16.3. The molecule has 1 N–H and O–H groups in total. The fraction of sp³-hybridized carbons (Fsp3) is 0.440. The molecular formula is C25H35N3O4. The first-order valence-electron chi connectivity index (χ1n) is 11.0. The van der Waals surface area contributed by atoms with E-state index in [1.165, 1.54) is 23.8 Å². The third-order valence-corrected chi connectivity index (χ3v) is 4.82. The first kappa shape index (κ1) is 27.0. The highest BCUT2D eigenvalue weighted by Gasteiger charge is 2.18. The van der Waals surface area contributed by atoms with E-state index in [1.807, 2.05) is 50.8 Å². The lowest BCUT2D eigenvalue weighted by Crippen LogP contribution is -2.11. The molecule has 0 spiro atoms. The fourth-order valence-electron chi connectivity index (χ4n) is 3.14. The van der Waals surface area contributed by atoms with Gasteiger partial charge >= 0.3 is 5.97 Å². The first-order chi connectivity index (χ1) is 15.7. The van der Waals surface area contributed by atoms with Crippen molar-refractivity contribution in [2.24, 2.45) is 0 Å². The molecule has 0 saturated carbocycles. The zero-order valence-corrected chi connectivity index (χ0v) is 19.5. The van der Waals surface area contributed by atoms with E-state index in [9.17, 15) is 9.59 Å². The molecule has 7 heteroatoms. The molecule has 0 radical (unpaired) electrons. The van der Waals surface area contributed by atoms with Gasteiger partial charge in [-0.15, -0.1) is 0 Å². The highest BCUT2D eigenvalue weighted by Crippen LogP contribution is 2.29. The third kappa shape index (κ3) is 9.39. The van der Waals surface area contributed by atoms with Crippen LogP contribution in [0.4, 0.5) is 0 Å². The molecule has 32 heavy (non-hydrogen) atoms. The predicted molar refractivity (Wildman–Crippen MR) is 127 cm³/mol. The van der Waals surface area contributed by atoms with Gasteiger partial charge in [-0.25, -0.2) is 0 Å². The fourth-order valence-corrected chi connectivity index (χ4v) is 3.14. The minimum atomic E-state index is -0.168. The number of unbranched alkanes of at least 4 members (excludes halogenated alkanes) is 2. The molecule has 2 heterocycles. The molecule has 174 valence electrons. The monoisotopic (exact) mass is 441 g/mol. The van der Waals surface area contributed by atoms with Crippen molar-refractivity contribution in [1.29, 1.82) is 0 Å². The van der Waals surface area contributed by atoms with Crippen LogP contribution < -0.4 is 5.32 Å². The maximum atomic E-state index is 10.6. The second kappa shape index (κ2) is 16.6. The van der Waals surface area contributed by atoms with Crippen LogP contribution >= 0.6 is 0 Å². The first-order valence-corrected chi connectivity index (χ1v) is 11.0. The van der Waals surface area contributed by atoms with Gasteiger partial charge in [-0.1, -0.05) is 32.4 Å². The molecule has 2 aromatic heterocycles. The number of nitrogens with one attached hydrogen (secondary N) is 1. The topological polar surface area (TPSA) is 90.4 Å². The molecule has 1 atom stereocenters. The summed E-state index contributed by atoms with van der Waals surface area (Å²) in [6, 6.07) is 4.05. The lowest BCUT2D eigenvalue weighted by molar-refractivity contribution is -0.140. The third-order valence-electron chi connectivity index (χ3n) is 4.82. The number of carbonyl (C=O) groups is 2. The van der Waals surface area contributed by atoms with Crippen molar-refractivity contribution in [2.45, 2.75) is 52.1 Å². The molecule has 1 aliphatic carbocycles. The molecule has 1 unspecified atom stereocenters. The van der Waals surface area contributed by atoms with E-state index in [1.54, 1.807) is 7.11 Å². The number of nitrogens with zero attached hydrogens (tertiary/aromatic N) is 2. The molecule has 7 nitrogen and oxygen atoms in total. The van der Waals surface area contributed by atoms with Gasteiger partial charge in [0.1, 0.15) is 0 Å². The molecule has 3 rings (SSSR count). The Bertz CT molecular complexity index is 839. The Morgan fingerprint density at radius 3 is 2.44 bits per heavy atom. The van der Waals surface area contributed by atoms with E-state index in [0.29, 0.717) is 19.4 Å². The Morgan fingerprint density at radius 1 is 1.06 bits per heavy atom. The van der Waals surface area contributed by atoms with Gasteiger partial charge < -0.3 is 14.8 Å². The molecule has 2 aromatic rings. The number of aromatic nitrogens is 2. The standard InChI is InChI=1S/C15H14N2O.C8H15NO3.C2H6/c1-18-15-8-13-9-16-6-4-11(13)2-3-12-5-7-17-10-14(12)15;1-12-8(11)5-3-2-4-6-9-7-10;1-2/h2-7,9-10,15H,8H2,1H3;7H,2-6H2,1H3,(H,9,10);1-2H3/b3-2-;;. The lowest BCUT2D eigenvalue weighted by Gasteiger charge is -2.20. The number of hydrogen-bond acceptors (Lipinski definition) is 6. The van der Waals surface area contributed by atoms with Gasteiger partial charge in [0.25, 0.3) is 0 Å². The minimum Gasteiger partial charge on any atom is -0.469 e. The Morgan fingerprint density at radius 2 is 1.75 bits per heavy atom. The Balaban J connectivity index is 0.000000322. The maximum Gasteiger partial charge on any atom is 0.305 e. The lowest BCUT2D eigenvalue weighted by atomic mass is 9.93. The van der Waals surface area contributed by atoms with E-state index in [4.69, 9.17) is 4.74 Å². The average Bonchev–Trinajstić information content (AvgIpc) is 2.84. The number of pyridine rings is 2. The zero-order valence-electron chi connectivity index (χ0n) is 19.5. The molecular weight excluding hydrogens is 406 g/mol. The van der Waals surface area contributed by atoms with E-state index in [-0.39, 0.29) is 12.1 Å². The van der Waals surface area contributed by atoms with E-state index < -0.39 is 0 Å². The van der Waals surface area contributed by atoms with E-state index in [2.05, 4.69) is 32.2 Å². The van der Waals surface area contributed by atoms with Crippen LogP contribution in [0.2, 0.25) is 0 Å². The summed E-state index contributed by atoms with van der Waals surface area (Å²) in [4.78, 5) is 28.8. The van der Waals surface area contributed by atoms with Crippen molar-refractivity contribution in [3.63, 3.8) is 0 Å². The number of amides is 1. The van der Waals surface area contributed by atoms with Gasteiger partial charge in [0.05, 0.1) is 13.2 Å². The summed E-state index contributed by atoms with van der Waals surface area (Å²) in [5, 5.41) is 2.55. The normalized spacial score (nSPS) is 14.4. The van der Waals surface area contributed by atoms with Crippen LogP contribution in [0.15, 0.2) is 36.9 Å². The highest BCUT2D eigenvalue weighted by atomic mass is 16.5. The molecule has 0 bridgehead atoms. The average molecular weight is 442 g/mol. The van der Waals surface area contributed by atoms with Crippen molar-refractivity contribution in [2.75, 3.05) is 20.8 Å². The molecule has 1 aliphatic rings. The van der Waals surface area contributed by atoms with Gasteiger partial charge in [-0.3, -0.25) is 19.6 Å². The minimum absolute atomic E-state index is 0.0293. The second-order valence-electron chi connectivity index (χ2n) is 6.80. The van der Waals surface area contributed by atoms with Gasteiger partial charge in [0.2, 0.25) is 6.41 Å². The van der Waals surface area contributed by atoms with Crippen LogP contribution in [0.3, 0.4) is 0 Å². The maximum absolute atomic E-state index is 10.6. The number of fused-ring (bicyclic) bond motifs is 2. The summed E-state index contributed by atoms with van der Waals surface area (Å²) in [5.74, 6) is -0.168. The van der Waals surface area contributed by atoms with Gasteiger partial charge in [0, 0.05) is 56.8 Å². The molecule has 0 aliphatic heterocycles. The number of ether oxygens (including phenoxy) is 2. The van der Waals surface area contributed by atoms with Crippen molar-refractivity contribution in [3.05, 3.63) is 59.2 Å². The molecule has 0 saturated heterocycles. The number of hydrogen-bond donors (Lipinski definition) is 1. The smallest absolute Gasteiger partial charge is 0.305 e. The summed E-state index contributed by atoms with van der Waals surface area (Å²) >= 11 is 0. The van der Waals surface area contributed by atoms with E-state index >= 15 is 0 Å². The van der Waals surface area contributed by atoms with Crippen LogP contribution in [-0.2, 0) is 25.5 Å². The van der Waals surface area contributed by atoms with Gasteiger partial charge in [-0.05, 0) is 41.7 Å². The van der Waals surface area contributed by atoms with Crippen molar-refractivity contribution in [3.8, 4) is 0 Å². The molecule has 0 aromatic carbocycles. The van der Waals surface area contributed by atoms with Crippen LogP contribution in [0.1, 0.15) is 67.9 Å². The van der Waals surface area contributed by atoms with E-state index in [0.717, 1.165) is 31.2 Å². The van der Waals surface area contributed by atoms with Crippen molar-refractivity contribution in [1.82, 2.24) is 15.3 Å². The van der Waals surface area contributed by atoms with Gasteiger partial charge in [-0.2, -0.15) is 0 Å². The quantitative estimate of drug-likeness (QED) is 0.371. The SMILES string of the molecule is CC.COC(=O)CCCCCNC=O.COC1Cc2cnccc2/C=C\c2ccncc21. The number of rotatable bonds is 8.